The summed E-state index contributed by atoms with van der Waals surface area (Å²) in [6.07, 6.45) is 1.97. The lowest BCUT2D eigenvalue weighted by Gasteiger charge is -2.18. The molecule has 3 rings (SSSR count). The van der Waals surface area contributed by atoms with Crippen LogP contribution in [0.3, 0.4) is 0 Å². The molecule has 0 saturated carbocycles. The Balaban J connectivity index is 2.16. The van der Waals surface area contributed by atoms with Crippen LogP contribution < -0.4 is 4.90 Å². The molecule has 0 saturated heterocycles. The third-order valence-corrected chi connectivity index (χ3v) is 5.12. The van der Waals surface area contributed by atoms with Crippen LogP contribution in [0.2, 0.25) is 0 Å². The Morgan fingerprint density at radius 3 is 2.42 bits per heavy atom. The van der Waals surface area contributed by atoms with Gasteiger partial charge in [-0.1, -0.05) is 26.0 Å². The first kappa shape index (κ1) is 18.4. The smallest absolute Gasteiger partial charge is 0.200 e. The van der Waals surface area contributed by atoms with E-state index in [0.29, 0.717) is 4.77 Å². The van der Waals surface area contributed by atoms with E-state index in [0.717, 1.165) is 29.9 Å². The van der Waals surface area contributed by atoms with Crippen molar-refractivity contribution >= 4 is 17.9 Å². The summed E-state index contributed by atoms with van der Waals surface area (Å²) >= 11 is 5.54. The van der Waals surface area contributed by atoms with Gasteiger partial charge in [-0.15, -0.1) is 0 Å². The predicted octanol–water partition coefficient (Wildman–Crippen LogP) is 5.10. The molecule has 0 radical (unpaired) electrons. The average molecular weight is 367 g/mol. The van der Waals surface area contributed by atoms with Gasteiger partial charge in [-0.25, -0.2) is 0 Å². The van der Waals surface area contributed by atoms with Crippen molar-refractivity contribution in [1.82, 2.24) is 14.8 Å². The van der Waals surface area contributed by atoms with Crippen LogP contribution in [0.25, 0.3) is 17.1 Å². The predicted molar refractivity (Wildman–Crippen MR) is 112 cm³/mol. The van der Waals surface area contributed by atoms with Crippen molar-refractivity contribution in [3.63, 3.8) is 0 Å². The fourth-order valence-electron chi connectivity index (χ4n) is 3.35. The van der Waals surface area contributed by atoms with Gasteiger partial charge in [0.25, 0.3) is 0 Å². The van der Waals surface area contributed by atoms with Gasteiger partial charge in [-0.3, -0.25) is 9.67 Å². The largest absolute Gasteiger partial charge is 0.377 e. The molecule has 1 heterocycles. The zero-order chi connectivity index (χ0) is 18.8. The molecule has 5 heteroatoms. The van der Waals surface area contributed by atoms with Gasteiger partial charge in [0, 0.05) is 25.3 Å². The number of nitrogens with zero attached hydrogens (tertiary/aromatic N) is 3. The number of rotatable bonds is 5. The van der Waals surface area contributed by atoms with Crippen molar-refractivity contribution in [2.24, 2.45) is 0 Å². The van der Waals surface area contributed by atoms with E-state index in [2.05, 4.69) is 86.4 Å². The highest BCUT2D eigenvalue weighted by Crippen LogP contribution is 2.27. The standard InChI is InChI=1S/C21H26N4S/c1-6-15-12-17(9-8-14(15)3)20-22-23-21(26)25(20)18-10-11-19(24(4)5)16(7-2)13-18/h8-13H,6-7H2,1-5H3,(H,23,26). The van der Waals surface area contributed by atoms with E-state index in [9.17, 15) is 0 Å². The minimum atomic E-state index is 0.610. The van der Waals surface area contributed by atoms with Crippen LogP contribution in [-0.2, 0) is 12.8 Å². The van der Waals surface area contributed by atoms with Crippen molar-refractivity contribution in [3.8, 4) is 17.1 Å². The van der Waals surface area contributed by atoms with E-state index >= 15 is 0 Å². The number of benzene rings is 2. The highest BCUT2D eigenvalue weighted by molar-refractivity contribution is 7.71. The SMILES string of the molecule is CCc1cc(-c2n[nH]c(=S)n2-c2ccc(N(C)C)c(CC)c2)ccc1C. The minimum Gasteiger partial charge on any atom is -0.377 e. The third kappa shape index (κ3) is 3.31. The van der Waals surface area contributed by atoms with E-state index in [1.54, 1.807) is 0 Å². The molecule has 0 spiro atoms. The van der Waals surface area contributed by atoms with E-state index < -0.39 is 0 Å². The molecule has 4 nitrogen and oxygen atoms in total. The Hall–Kier alpha value is -2.40. The van der Waals surface area contributed by atoms with Crippen LogP contribution in [-0.4, -0.2) is 28.9 Å². The molecule has 1 N–H and O–H groups in total. The van der Waals surface area contributed by atoms with Gasteiger partial charge in [-0.2, -0.15) is 5.10 Å². The maximum atomic E-state index is 5.54. The molecule has 3 aromatic rings. The number of aromatic amines is 1. The fourth-order valence-corrected chi connectivity index (χ4v) is 3.59. The Morgan fingerprint density at radius 2 is 1.77 bits per heavy atom. The summed E-state index contributed by atoms with van der Waals surface area (Å²) in [5, 5.41) is 7.48. The number of hydrogen-bond donors (Lipinski definition) is 1. The van der Waals surface area contributed by atoms with Gasteiger partial charge < -0.3 is 4.90 Å². The zero-order valence-corrected chi connectivity index (χ0v) is 16.9. The van der Waals surface area contributed by atoms with Crippen molar-refractivity contribution in [1.29, 1.82) is 0 Å². The second-order valence-corrected chi connectivity index (χ2v) is 7.13. The first-order valence-corrected chi connectivity index (χ1v) is 9.45. The van der Waals surface area contributed by atoms with Crippen molar-refractivity contribution in [2.75, 3.05) is 19.0 Å². The summed E-state index contributed by atoms with van der Waals surface area (Å²) < 4.78 is 2.64. The quantitative estimate of drug-likeness (QED) is 0.639. The molecule has 26 heavy (non-hydrogen) atoms. The van der Waals surface area contributed by atoms with E-state index in [1.807, 2.05) is 4.57 Å². The maximum absolute atomic E-state index is 5.54. The molecule has 0 bridgehead atoms. The lowest BCUT2D eigenvalue weighted by molar-refractivity contribution is 1.01. The number of aromatic nitrogens is 3. The molecule has 136 valence electrons. The third-order valence-electron chi connectivity index (χ3n) is 4.84. The lowest BCUT2D eigenvalue weighted by atomic mass is 10.0. The van der Waals surface area contributed by atoms with E-state index in [1.165, 1.54) is 22.4 Å². The van der Waals surface area contributed by atoms with E-state index in [-0.39, 0.29) is 0 Å². The molecule has 1 aromatic heterocycles. The van der Waals surface area contributed by atoms with Gasteiger partial charge in [0.05, 0.1) is 5.69 Å². The summed E-state index contributed by atoms with van der Waals surface area (Å²) in [7, 11) is 4.14. The topological polar surface area (TPSA) is 36.9 Å². The van der Waals surface area contributed by atoms with Gasteiger partial charge in [0.1, 0.15) is 0 Å². The lowest BCUT2D eigenvalue weighted by Crippen LogP contribution is -2.11. The number of aryl methyl sites for hydroxylation is 3. The summed E-state index contributed by atoms with van der Waals surface area (Å²) in [6, 6.07) is 13.0. The summed E-state index contributed by atoms with van der Waals surface area (Å²) in [4.78, 5) is 2.14. The second-order valence-electron chi connectivity index (χ2n) is 6.74. The number of anilines is 1. The second kappa shape index (κ2) is 7.46. The van der Waals surface area contributed by atoms with Crippen LogP contribution in [0, 0.1) is 11.7 Å². The van der Waals surface area contributed by atoms with Crippen LogP contribution in [0.1, 0.15) is 30.5 Å². The normalized spacial score (nSPS) is 11.0. The van der Waals surface area contributed by atoms with Gasteiger partial charge >= 0.3 is 0 Å². The minimum absolute atomic E-state index is 0.610. The van der Waals surface area contributed by atoms with Crippen LogP contribution in [0.5, 0.6) is 0 Å². The van der Waals surface area contributed by atoms with Crippen LogP contribution in [0.4, 0.5) is 5.69 Å². The average Bonchev–Trinajstić information content (AvgIpc) is 3.03. The van der Waals surface area contributed by atoms with Gasteiger partial charge in [0.15, 0.2) is 10.6 Å². The first-order chi connectivity index (χ1) is 12.5. The van der Waals surface area contributed by atoms with Crippen LogP contribution >= 0.6 is 12.2 Å². The Labute approximate surface area is 160 Å². The molecular weight excluding hydrogens is 340 g/mol. The highest BCUT2D eigenvalue weighted by Gasteiger charge is 2.14. The molecular formula is C21H26N4S. The molecule has 0 aliphatic heterocycles. The number of nitrogens with one attached hydrogen (secondary N) is 1. The number of hydrogen-bond acceptors (Lipinski definition) is 3. The van der Waals surface area contributed by atoms with Crippen molar-refractivity contribution in [2.45, 2.75) is 33.6 Å². The monoisotopic (exact) mass is 366 g/mol. The molecule has 0 unspecified atom stereocenters. The van der Waals surface area contributed by atoms with Crippen molar-refractivity contribution in [3.05, 3.63) is 57.9 Å². The summed E-state index contributed by atoms with van der Waals surface area (Å²) in [5.74, 6) is 0.851. The molecule has 0 amide bonds. The molecule has 0 aliphatic carbocycles. The number of H-pyrrole nitrogens is 1. The Kier molecular flexibility index (Phi) is 5.28. The van der Waals surface area contributed by atoms with Crippen LogP contribution in [0.15, 0.2) is 36.4 Å². The molecule has 2 aromatic carbocycles. The Bertz CT molecular complexity index is 982. The zero-order valence-electron chi connectivity index (χ0n) is 16.1. The van der Waals surface area contributed by atoms with E-state index in [4.69, 9.17) is 12.2 Å². The summed E-state index contributed by atoms with van der Waals surface area (Å²) in [5.41, 5.74) is 7.28. The molecule has 0 atom stereocenters. The van der Waals surface area contributed by atoms with Gasteiger partial charge in [-0.05, 0) is 72.9 Å². The van der Waals surface area contributed by atoms with Crippen molar-refractivity contribution < 1.29 is 0 Å². The molecule has 0 aliphatic rings. The van der Waals surface area contributed by atoms with Gasteiger partial charge in [0.2, 0.25) is 0 Å². The fraction of sp³-hybridized carbons (Fsp3) is 0.333. The summed E-state index contributed by atoms with van der Waals surface area (Å²) in [6.45, 7) is 6.50. The maximum Gasteiger partial charge on any atom is 0.200 e. The Morgan fingerprint density at radius 1 is 1.04 bits per heavy atom. The molecule has 0 fully saturated rings. The first-order valence-electron chi connectivity index (χ1n) is 9.04. The highest BCUT2D eigenvalue weighted by atomic mass is 32.1.